The molecule has 19 heavy (non-hydrogen) atoms. The van der Waals surface area contributed by atoms with Gasteiger partial charge in [-0.25, -0.2) is 4.98 Å². The average molecular weight is 277 g/mol. The van der Waals surface area contributed by atoms with Crippen molar-refractivity contribution in [1.29, 1.82) is 5.26 Å². The van der Waals surface area contributed by atoms with Crippen LogP contribution in [0, 0.1) is 17.2 Å². The number of nitriles is 1. The predicted molar refractivity (Wildman–Crippen MR) is 79.2 cm³/mol. The molecule has 0 amide bonds. The fourth-order valence-corrected chi connectivity index (χ4v) is 3.95. The summed E-state index contributed by atoms with van der Waals surface area (Å²) in [6.45, 7) is 9.97. The Kier molecular flexibility index (Phi) is 4.95. The number of piperidine rings is 1. The number of hydrogen-bond donors (Lipinski definition) is 0. The Morgan fingerprint density at radius 2 is 2.32 bits per heavy atom. The van der Waals surface area contributed by atoms with Crippen molar-refractivity contribution in [1.82, 2.24) is 9.88 Å². The van der Waals surface area contributed by atoms with E-state index in [1.807, 2.05) is 0 Å². The van der Waals surface area contributed by atoms with Crippen LogP contribution in [0.5, 0.6) is 0 Å². The van der Waals surface area contributed by atoms with Gasteiger partial charge in [-0.1, -0.05) is 20.8 Å². The molecule has 2 heterocycles. The van der Waals surface area contributed by atoms with Crippen LogP contribution in [-0.4, -0.2) is 23.0 Å². The maximum absolute atomic E-state index is 8.91. The van der Waals surface area contributed by atoms with Crippen LogP contribution in [0.4, 0.5) is 0 Å². The molecule has 0 N–H and O–H groups in total. The van der Waals surface area contributed by atoms with Crippen LogP contribution in [0.1, 0.15) is 55.1 Å². The van der Waals surface area contributed by atoms with E-state index in [-0.39, 0.29) is 0 Å². The van der Waals surface area contributed by atoms with Crippen LogP contribution in [0.15, 0.2) is 0 Å². The molecule has 1 aliphatic rings. The lowest BCUT2D eigenvalue weighted by molar-refractivity contribution is 0.176. The van der Waals surface area contributed by atoms with Crippen molar-refractivity contribution in [2.75, 3.05) is 13.1 Å². The number of nitrogens with zero attached hydrogens (tertiary/aromatic N) is 3. The summed E-state index contributed by atoms with van der Waals surface area (Å²) >= 11 is 1.73. The van der Waals surface area contributed by atoms with Crippen molar-refractivity contribution in [3.05, 3.63) is 15.6 Å². The molecule has 4 heteroatoms. The highest BCUT2D eigenvalue weighted by atomic mass is 32.1. The summed E-state index contributed by atoms with van der Waals surface area (Å²) in [4.78, 5) is 8.44. The third kappa shape index (κ3) is 3.77. The van der Waals surface area contributed by atoms with Crippen LogP contribution in [0.25, 0.3) is 0 Å². The number of aromatic nitrogens is 1. The molecule has 1 atom stereocenters. The van der Waals surface area contributed by atoms with Gasteiger partial charge in [-0.3, -0.25) is 4.90 Å². The van der Waals surface area contributed by atoms with Gasteiger partial charge in [-0.2, -0.15) is 5.26 Å². The second kappa shape index (κ2) is 6.49. The zero-order valence-electron chi connectivity index (χ0n) is 12.1. The highest BCUT2D eigenvalue weighted by Crippen LogP contribution is 2.27. The fraction of sp³-hybridized carbons (Fsp3) is 0.733. The Hall–Kier alpha value is -0.920. The van der Waals surface area contributed by atoms with Crippen molar-refractivity contribution >= 4 is 11.3 Å². The van der Waals surface area contributed by atoms with Gasteiger partial charge in [0.05, 0.1) is 24.7 Å². The number of rotatable bonds is 4. The zero-order valence-corrected chi connectivity index (χ0v) is 13.0. The molecule has 0 spiro atoms. The molecule has 3 nitrogen and oxygen atoms in total. The summed E-state index contributed by atoms with van der Waals surface area (Å²) in [6.07, 6.45) is 3.15. The predicted octanol–water partition coefficient (Wildman–Crippen LogP) is 3.56. The first-order chi connectivity index (χ1) is 9.10. The SMILES string of the molecule is CC1CCCN(Cc2nc(C(C)C)c(CC#N)s2)C1. The minimum atomic E-state index is 0.411. The molecule has 1 unspecified atom stereocenters. The maximum Gasteiger partial charge on any atom is 0.107 e. The third-order valence-electron chi connectivity index (χ3n) is 3.66. The second-order valence-corrected chi connectivity index (χ2v) is 7.06. The first-order valence-corrected chi connectivity index (χ1v) is 7.99. The van der Waals surface area contributed by atoms with Gasteiger partial charge in [0, 0.05) is 11.4 Å². The third-order valence-corrected chi connectivity index (χ3v) is 4.71. The van der Waals surface area contributed by atoms with Crippen LogP contribution in [0.3, 0.4) is 0 Å². The summed E-state index contributed by atoms with van der Waals surface area (Å²) in [5.74, 6) is 1.21. The van der Waals surface area contributed by atoms with E-state index in [1.54, 1.807) is 11.3 Å². The van der Waals surface area contributed by atoms with Crippen LogP contribution in [-0.2, 0) is 13.0 Å². The monoisotopic (exact) mass is 277 g/mol. The molecule has 104 valence electrons. The lowest BCUT2D eigenvalue weighted by atomic mass is 10.0. The summed E-state index contributed by atoms with van der Waals surface area (Å²) in [5, 5.41) is 10.1. The number of likely N-dealkylation sites (tertiary alicyclic amines) is 1. The maximum atomic E-state index is 8.91. The molecule has 1 aromatic heterocycles. The molecule has 0 bridgehead atoms. The number of hydrogen-bond acceptors (Lipinski definition) is 4. The highest BCUT2D eigenvalue weighted by molar-refractivity contribution is 7.11. The Balaban J connectivity index is 2.08. The quantitative estimate of drug-likeness (QED) is 0.844. The van der Waals surface area contributed by atoms with E-state index in [4.69, 9.17) is 10.2 Å². The van der Waals surface area contributed by atoms with Gasteiger partial charge >= 0.3 is 0 Å². The van der Waals surface area contributed by atoms with Gasteiger partial charge in [0.1, 0.15) is 5.01 Å². The highest BCUT2D eigenvalue weighted by Gasteiger charge is 2.19. The van der Waals surface area contributed by atoms with E-state index < -0.39 is 0 Å². The molecular weight excluding hydrogens is 254 g/mol. The first kappa shape index (κ1) is 14.5. The van der Waals surface area contributed by atoms with E-state index in [0.717, 1.165) is 23.0 Å². The number of thiazole rings is 1. The summed E-state index contributed by atoms with van der Waals surface area (Å²) in [7, 11) is 0. The van der Waals surface area contributed by atoms with E-state index in [9.17, 15) is 0 Å². The van der Waals surface area contributed by atoms with Gasteiger partial charge in [-0.15, -0.1) is 11.3 Å². The second-order valence-electron chi connectivity index (χ2n) is 5.89. The Bertz CT molecular complexity index is 458. The average Bonchev–Trinajstić information content (AvgIpc) is 2.73. The lowest BCUT2D eigenvalue weighted by Crippen LogP contribution is -2.33. The molecule has 1 fully saturated rings. The molecule has 1 aliphatic heterocycles. The summed E-state index contributed by atoms with van der Waals surface area (Å²) in [5.41, 5.74) is 1.13. The van der Waals surface area contributed by atoms with Gasteiger partial charge in [0.2, 0.25) is 0 Å². The van der Waals surface area contributed by atoms with E-state index in [0.29, 0.717) is 12.3 Å². The van der Waals surface area contributed by atoms with Crippen molar-refractivity contribution in [2.45, 2.75) is 52.5 Å². The topological polar surface area (TPSA) is 39.9 Å². The van der Waals surface area contributed by atoms with Crippen molar-refractivity contribution in [3.63, 3.8) is 0 Å². The molecular formula is C15H23N3S. The summed E-state index contributed by atoms with van der Waals surface area (Å²) < 4.78 is 0. The van der Waals surface area contributed by atoms with Crippen molar-refractivity contribution in [2.24, 2.45) is 5.92 Å². The molecule has 0 aliphatic carbocycles. The Labute approximate surface area is 120 Å². The standard InChI is InChI=1S/C15H23N3S/c1-11(2)15-13(6-7-16)19-14(17-15)10-18-8-4-5-12(3)9-18/h11-12H,4-6,8-10H2,1-3H3. The smallest absolute Gasteiger partial charge is 0.107 e. The van der Waals surface area contributed by atoms with Crippen molar-refractivity contribution in [3.8, 4) is 6.07 Å². The van der Waals surface area contributed by atoms with Gasteiger partial charge in [0.15, 0.2) is 0 Å². The fourth-order valence-electron chi connectivity index (χ4n) is 2.75. The normalized spacial score (nSPS) is 20.7. The van der Waals surface area contributed by atoms with Gasteiger partial charge < -0.3 is 0 Å². The van der Waals surface area contributed by atoms with E-state index in [2.05, 4.69) is 31.7 Å². The molecule has 1 saturated heterocycles. The minimum absolute atomic E-state index is 0.411. The van der Waals surface area contributed by atoms with Crippen LogP contribution >= 0.6 is 11.3 Å². The molecule has 0 radical (unpaired) electrons. The molecule has 2 rings (SSSR count). The van der Waals surface area contributed by atoms with Crippen LogP contribution in [0.2, 0.25) is 0 Å². The Morgan fingerprint density at radius 3 is 2.95 bits per heavy atom. The zero-order chi connectivity index (χ0) is 13.8. The van der Waals surface area contributed by atoms with E-state index in [1.165, 1.54) is 30.9 Å². The Morgan fingerprint density at radius 1 is 1.53 bits per heavy atom. The van der Waals surface area contributed by atoms with Gasteiger partial charge in [-0.05, 0) is 31.2 Å². The van der Waals surface area contributed by atoms with Crippen LogP contribution < -0.4 is 0 Å². The van der Waals surface area contributed by atoms with E-state index >= 15 is 0 Å². The largest absolute Gasteiger partial charge is 0.296 e. The minimum Gasteiger partial charge on any atom is -0.296 e. The first-order valence-electron chi connectivity index (χ1n) is 7.18. The molecule has 1 aromatic rings. The lowest BCUT2D eigenvalue weighted by Gasteiger charge is -2.29. The summed E-state index contributed by atoms with van der Waals surface area (Å²) in [6, 6.07) is 2.26. The molecule has 0 saturated carbocycles. The molecule has 0 aromatic carbocycles. The van der Waals surface area contributed by atoms with Crippen molar-refractivity contribution < 1.29 is 0 Å². The van der Waals surface area contributed by atoms with Gasteiger partial charge in [0.25, 0.3) is 0 Å².